The number of thiazole rings is 1. The summed E-state index contributed by atoms with van der Waals surface area (Å²) in [5, 5.41) is 0. The molecule has 12 heavy (non-hydrogen) atoms. The third-order valence-electron chi connectivity index (χ3n) is 0.953. The van der Waals surface area contributed by atoms with E-state index in [0.29, 0.717) is 0 Å². The predicted molar refractivity (Wildman–Crippen MR) is 43.1 cm³/mol. The zero-order chi connectivity index (χ0) is 9.19. The molecule has 0 aliphatic rings. The van der Waals surface area contributed by atoms with E-state index >= 15 is 0 Å². The number of carbonyl (C=O) groups is 1. The maximum atomic E-state index is 11.1. The Bertz CT molecular complexity index is 367. The summed E-state index contributed by atoms with van der Waals surface area (Å²) in [4.78, 5) is 14.0. The molecule has 0 radical (unpaired) electrons. The minimum Gasteiger partial charge on any atom is -0.274 e. The van der Waals surface area contributed by atoms with Gasteiger partial charge in [0.2, 0.25) is 5.91 Å². The van der Waals surface area contributed by atoms with E-state index in [-0.39, 0.29) is 4.21 Å². The first kappa shape index (κ1) is 9.14. The summed E-state index contributed by atoms with van der Waals surface area (Å²) in [6.07, 6.45) is 1.19. The van der Waals surface area contributed by atoms with Crippen LogP contribution in [-0.4, -0.2) is 19.3 Å². The van der Waals surface area contributed by atoms with Crippen molar-refractivity contribution in [3.05, 3.63) is 11.7 Å². The molecular weight excluding hydrogens is 200 g/mol. The van der Waals surface area contributed by atoms with Gasteiger partial charge in [0.25, 0.3) is 10.0 Å². The average Bonchev–Trinajstić information content (AvgIpc) is 2.32. The maximum absolute atomic E-state index is 11.1. The largest absolute Gasteiger partial charge is 0.275 e. The normalized spacial score (nSPS) is 11.1. The van der Waals surface area contributed by atoms with Gasteiger partial charge in [-0.25, -0.2) is 13.1 Å². The van der Waals surface area contributed by atoms with Gasteiger partial charge in [-0.15, -0.1) is 11.3 Å². The van der Waals surface area contributed by atoms with Gasteiger partial charge in [0.05, 0.1) is 11.7 Å². The summed E-state index contributed by atoms with van der Waals surface area (Å²) < 4.78 is 24.1. The van der Waals surface area contributed by atoms with Gasteiger partial charge < -0.3 is 0 Å². The molecule has 0 fully saturated rings. The van der Waals surface area contributed by atoms with Gasteiger partial charge >= 0.3 is 0 Å². The maximum Gasteiger partial charge on any atom is 0.275 e. The lowest BCUT2D eigenvalue weighted by Crippen LogP contribution is -2.27. The van der Waals surface area contributed by atoms with Crippen LogP contribution in [0.25, 0.3) is 0 Å². The fraction of sp³-hybridized carbons (Fsp3) is 0.200. The van der Waals surface area contributed by atoms with Crippen LogP contribution in [0.1, 0.15) is 6.92 Å². The Morgan fingerprint density at radius 3 is 2.75 bits per heavy atom. The summed E-state index contributed by atoms with van der Waals surface area (Å²) in [5.41, 5.74) is 1.38. The topological polar surface area (TPSA) is 76.1 Å². The van der Waals surface area contributed by atoms with Gasteiger partial charge in [0.1, 0.15) is 0 Å². The van der Waals surface area contributed by atoms with E-state index in [4.69, 9.17) is 0 Å². The Kier molecular flexibility index (Phi) is 2.43. The highest BCUT2D eigenvalue weighted by molar-refractivity contribution is 7.92. The molecule has 1 heterocycles. The van der Waals surface area contributed by atoms with E-state index in [9.17, 15) is 13.2 Å². The van der Waals surface area contributed by atoms with Crippen LogP contribution < -0.4 is 4.72 Å². The first-order valence-corrected chi connectivity index (χ1v) is 5.30. The second kappa shape index (κ2) is 3.20. The standard InChI is InChI=1S/C5H6N2O3S2/c1-4(8)7-12(9,10)5-2-6-3-11-5/h2-3H,1H3,(H,7,8). The third kappa shape index (κ3) is 2.02. The Balaban J connectivity index is 2.96. The first-order valence-electron chi connectivity index (χ1n) is 2.94. The van der Waals surface area contributed by atoms with Crippen LogP contribution in [0.2, 0.25) is 0 Å². The van der Waals surface area contributed by atoms with Gasteiger partial charge in [0.15, 0.2) is 4.21 Å². The molecule has 0 saturated heterocycles. The molecule has 0 bridgehead atoms. The minimum absolute atomic E-state index is 0.0395. The van der Waals surface area contributed by atoms with E-state index in [0.717, 1.165) is 18.3 Å². The van der Waals surface area contributed by atoms with Crippen LogP contribution in [0.4, 0.5) is 0 Å². The molecule has 1 aromatic rings. The van der Waals surface area contributed by atoms with Crippen LogP contribution in [-0.2, 0) is 14.8 Å². The summed E-state index contributed by atoms with van der Waals surface area (Å²) in [7, 11) is -3.66. The zero-order valence-electron chi connectivity index (χ0n) is 6.14. The number of carbonyl (C=O) groups excluding carboxylic acids is 1. The Morgan fingerprint density at radius 2 is 2.33 bits per heavy atom. The van der Waals surface area contributed by atoms with Crippen molar-refractivity contribution in [1.29, 1.82) is 0 Å². The Morgan fingerprint density at radius 1 is 1.67 bits per heavy atom. The predicted octanol–water partition coefficient (Wildman–Crippen LogP) is -0.0321. The van der Waals surface area contributed by atoms with Crippen molar-refractivity contribution in [3.63, 3.8) is 0 Å². The van der Waals surface area contributed by atoms with Gasteiger partial charge in [-0.1, -0.05) is 0 Å². The fourth-order valence-electron chi connectivity index (χ4n) is 0.576. The molecule has 1 aromatic heterocycles. The first-order chi connectivity index (χ1) is 5.52. The number of aromatic nitrogens is 1. The number of rotatable bonds is 2. The zero-order valence-corrected chi connectivity index (χ0v) is 7.78. The highest BCUT2D eigenvalue weighted by atomic mass is 32.2. The highest BCUT2D eigenvalue weighted by Gasteiger charge is 2.16. The number of sulfonamides is 1. The van der Waals surface area contributed by atoms with Gasteiger partial charge in [-0.05, 0) is 0 Å². The molecule has 0 spiro atoms. The molecule has 0 saturated carbocycles. The van der Waals surface area contributed by atoms with Crippen LogP contribution in [0.5, 0.6) is 0 Å². The number of hydrogen-bond donors (Lipinski definition) is 1. The van der Waals surface area contributed by atoms with Crippen molar-refractivity contribution in [2.24, 2.45) is 0 Å². The van der Waals surface area contributed by atoms with Crippen molar-refractivity contribution < 1.29 is 13.2 Å². The molecule has 1 amide bonds. The lowest BCUT2D eigenvalue weighted by molar-refractivity contribution is -0.117. The van der Waals surface area contributed by atoms with Crippen LogP contribution >= 0.6 is 11.3 Å². The molecule has 0 unspecified atom stereocenters. The Labute approximate surface area is 73.5 Å². The molecule has 5 nitrogen and oxygen atoms in total. The van der Waals surface area contributed by atoms with Crippen molar-refractivity contribution in [3.8, 4) is 0 Å². The number of nitrogens with one attached hydrogen (secondary N) is 1. The molecular formula is C5H6N2O3S2. The van der Waals surface area contributed by atoms with Gasteiger partial charge in [-0.3, -0.25) is 9.78 Å². The van der Waals surface area contributed by atoms with Crippen molar-refractivity contribution in [1.82, 2.24) is 9.71 Å². The molecule has 0 aliphatic heterocycles. The molecule has 0 aromatic carbocycles. The van der Waals surface area contributed by atoms with Crippen molar-refractivity contribution in [2.45, 2.75) is 11.1 Å². The second-order valence-corrected chi connectivity index (χ2v) is 4.78. The summed E-state index contributed by atoms with van der Waals surface area (Å²) in [6.45, 7) is 1.14. The molecule has 1 N–H and O–H groups in total. The summed E-state index contributed by atoms with van der Waals surface area (Å²) in [5.74, 6) is -0.608. The molecule has 66 valence electrons. The summed E-state index contributed by atoms with van der Waals surface area (Å²) in [6, 6.07) is 0. The molecule has 1 rings (SSSR count). The van der Waals surface area contributed by atoms with E-state index in [1.165, 1.54) is 11.7 Å². The van der Waals surface area contributed by atoms with Crippen LogP contribution in [0.15, 0.2) is 15.9 Å². The molecule has 7 heteroatoms. The lowest BCUT2D eigenvalue weighted by Gasteiger charge is -1.98. The van der Waals surface area contributed by atoms with Crippen LogP contribution in [0.3, 0.4) is 0 Å². The molecule has 0 aliphatic carbocycles. The van der Waals surface area contributed by atoms with Gasteiger partial charge in [-0.2, -0.15) is 0 Å². The number of hydrogen-bond acceptors (Lipinski definition) is 5. The second-order valence-electron chi connectivity index (χ2n) is 1.98. The highest BCUT2D eigenvalue weighted by Crippen LogP contribution is 2.12. The lowest BCUT2D eigenvalue weighted by atomic mass is 10.8. The van der Waals surface area contributed by atoms with E-state index in [1.54, 1.807) is 0 Å². The smallest absolute Gasteiger partial charge is 0.274 e. The SMILES string of the molecule is CC(=O)NS(=O)(=O)c1cncs1. The monoisotopic (exact) mass is 206 g/mol. The van der Waals surface area contributed by atoms with E-state index in [1.807, 2.05) is 4.72 Å². The number of nitrogens with zero attached hydrogens (tertiary/aromatic N) is 1. The summed E-state index contributed by atoms with van der Waals surface area (Å²) >= 11 is 0.958. The number of amides is 1. The van der Waals surface area contributed by atoms with Crippen molar-refractivity contribution >= 4 is 27.3 Å². The van der Waals surface area contributed by atoms with E-state index < -0.39 is 15.9 Å². The fourth-order valence-corrected chi connectivity index (χ4v) is 2.36. The average molecular weight is 206 g/mol. The third-order valence-corrected chi connectivity index (χ3v) is 3.66. The molecule has 0 atom stereocenters. The van der Waals surface area contributed by atoms with Crippen molar-refractivity contribution in [2.75, 3.05) is 0 Å². The van der Waals surface area contributed by atoms with Crippen LogP contribution in [0, 0.1) is 0 Å². The Hall–Kier alpha value is -0.950. The minimum atomic E-state index is -3.66. The van der Waals surface area contributed by atoms with Gasteiger partial charge in [0, 0.05) is 6.92 Å². The van der Waals surface area contributed by atoms with E-state index in [2.05, 4.69) is 4.98 Å². The quantitative estimate of drug-likeness (QED) is 0.737.